The van der Waals surface area contributed by atoms with Crippen LogP contribution in [0, 0.1) is 5.21 Å². The van der Waals surface area contributed by atoms with Gasteiger partial charge in [-0.15, -0.1) is 0 Å². The number of esters is 1. The first-order chi connectivity index (χ1) is 7.24. The molecule has 80 valence electrons. The quantitative estimate of drug-likeness (QED) is 0.391. The fraction of sp³-hybridized carbons (Fsp3) is 0.455. The van der Waals surface area contributed by atoms with Gasteiger partial charge in [0.05, 0.1) is 13.0 Å². The number of fused-ring (bicyclic) bond motifs is 1. The Balaban J connectivity index is 2.42. The Bertz CT molecular complexity index is 389. The molecule has 1 aliphatic rings. The molecule has 0 fully saturated rings. The number of hydrogen-bond acceptors (Lipinski definition) is 3. The average Bonchev–Trinajstić information content (AvgIpc) is 2.28. The second kappa shape index (κ2) is 3.88. The van der Waals surface area contributed by atoms with Gasteiger partial charge in [0.2, 0.25) is 0 Å². The summed E-state index contributed by atoms with van der Waals surface area (Å²) in [6.07, 6.45) is 3.84. The van der Waals surface area contributed by atoms with Gasteiger partial charge >= 0.3 is 5.97 Å². The van der Waals surface area contributed by atoms with Gasteiger partial charge < -0.3 is 9.94 Å². The third-order valence-electron chi connectivity index (χ3n) is 2.86. The van der Waals surface area contributed by atoms with Gasteiger partial charge in [0.15, 0.2) is 11.9 Å². The first-order valence-electron chi connectivity index (χ1n) is 5.03. The van der Waals surface area contributed by atoms with Crippen LogP contribution in [0.2, 0.25) is 0 Å². The zero-order chi connectivity index (χ0) is 10.8. The van der Waals surface area contributed by atoms with Crippen molar-refractivity contribution in [2.24, 2.45) is 0 Å². The predicted octanol–water partition coefficient (Wildman–Crippen LogP) is 0.913. The summed E-state index contributed by atoms with van der Waals surface area (Å²) in [7, 11) is 1.38. The Morgan fingerprint density at radius 3 is 3.20 bits per heavy atom. The molecule has 4 nitrogen and oxygen atoms in total. The van der Waals surface area contributed by atoms with Crippen molar-refractivity contribution in [2.75, 3.05) is 7.11 Å². The second-order valence-corrected chi connectivity index (χ2v) is 3.70. The number of carbonyl (C=O) groups is 1. The fourth-order valence-corrected chi connectivity index (χ4v) is 2.13. The Kier molecular flexibility index (Phi) is 2.58. The molecule has 0 aromatic carbocycles. The van der Waals surface area contributed by atoms with E-state index in [0.717, 1.165) is 29.6 Å². The minimum Gasteiger partial charge on any atom is -0.618 e. The highest BCUT2D eigenvalue weighted by atomic mass is 16.5. The molecular formula is C11H13NO3. The third-order valence-corrected chi connectivity index (χ3v) is 2.86. The summed E-state index contributed by atoms with van der Waals surface area (Å²) < 4.78 is 5.59. The number of nitrogens with zero attached hydrogens (tertiary/aromatic N) is 1. The maximum atomic E-state index is 11.5. The van der Waals surface area contributed by atoms with Crippen molar-refractivity contribution in [3.63, 3.8) is 0 Å². The van der Waals surface area contributed by atoms with Crippen molar-refractivity contribution in [1.29, 1.82) is 0 Å². The molecule has 0 spiro atoms. The topological polar surface area (TPSA) is 53.2 Å². The lowest BCUT2D eigenvalue weighted by atomic mass is 9.86. The summed E-state index contributed by atoms with van der Waals surface area (Å²) in [4.78, 5) is 11.5. The number of carbonyl (C=O) groups excluding carboxylic acids is 1. The van der Waals surface area contributed by atoms with E-state index in [0.29, 0.717) is 5.69 Å². The molecule has 0 bridgehead atoms. The Morgan fingerprint density at radius 1 is 1.67 bits per heavy atom. The Labute approximate surface area is 88.1 Å². The number of rotatable bonds is 1. The van der Waals surface area contributed by atoms with Crippen molar-refractivity contribution < 1.29 is 14.3 Å². The smallest absolute Gasteiger partial charge is 0.313 e. The minimum atomic E-state index is -0.264. The van der Waals surface area contributed by atoms with Crippen LogP contribution in [0.5, 0.6) is 0 Å². The summed E-state index contributed by atoms with van der Waals surface area (Å²) in [6.45, 7) is 0. The van der Waals surface area contributed by atoms with Crippen LogP contribution < -0.4 is 4.73 Å². The average molecular weight is 207 g/mol. The lowest BCUT2D eigenvalue weighted by Gasteiger charge is -2.21. The molecule has 15 heavy (non-hydrogen) atoms. The van der Waals surface area contributed by atoms with Crippen molar-refractivity contribution in [1.82, 2.24) is 0 Å². The van der Waals surface area contributed by atoms with E-state index in [4.69, 9.17) is 4.74 Å². The molecule has 0 saturated heterocycles. The lowest BCUT2D eigenvalue weighted by molar-refractivity contribution is -0.615. The van der Waals surface area contributed by atoms with E-state index in [1.807, 2.05) is 6.07 Å². The van der Waals surface area contributed by atoms with Crippen LogP contribution in [-0.2, 0) is 16.0 Å². The van der Waals surface area contributed by atoms with Crippen LogP contribution in [0.3, 0.4) is 0 Å². The maximum Gasteiger partial charge on any atom is 0.313 e. The first kappa shape index (κ1) is 9.96. The molecule has 1 aliphatic carbocycles. The molecule has 1 aromatic rings. The van der Waals surface area contributed by atoms with Crippen molar-refractivity contribution in [2.45, 2.75) is 25.2 Å². The summed E-state index contributed by atoms with van der Waals surface area (Å²) in [5, 5.41) is 11.5. The largest absolute Gasteiger partial charge is 0.618 e. The number of pyridine rings is 1. The van der Waals surface area contributed by atoms with Gasteiger partial charge in [0.1, 0.15) is 0 Å². The molecular weight excluding hydrogens is 194 g/mol. The van der Waals surface area contributed by atoms with Crippen LogP contribution in [0.15, 0.2) is 18.3 Å². The van der Waals surface area contributed by atoms with E-state index in [-0.39, 0.29) is 11.9 Å². The SMILES string of the molecule is COC(=O)[C@@H]1CCCc2c1ccc[n+]2[O-]. The van der Waals surface area contributed by atoms with Crippen molar-refractivity contribution >= 4 is 5.97 Å². The number of aromatic nitrogens is 1. The van der Waals surface area contributed by atoms with Crippen LogP contribution in [0.1, 0.15) is 30.0 Å². The zero-order valence-electron chi connectivity index (χ0n) is 8.60. The van der Waals surface area contributed by atoms with Gasteiger partial charge in [-0.25, -0.2) is 0 Å². The molecule has 0 unspecified atom stereocenters. The Morgan fingerprint density at radius 2 is 2.47 bits per heavy atom. The zero-order valence-corrected chi connectivity index (χ0v) is 8.60. The molecule has 1 heterocycles. The van der Waals surface area contributed by atoms with Gasteiger partial charge in [0, 0.05) is 18.1 Å². The number of ether oxygens (including phenoxy) is 1. The summed E-state index contributed by atoms with van der Waals surface area (Å²) >= 11 is 0. The van der Waals surface area contributed by atoms with Crippen molar-refractivity contribution in [3.8, 4) is 0 Å². The second-order valence-electron chi connectivity index (χ2n) is 3.70. The molecule has 2 rings (SSSR count). The van der Waals surface area contributed by atoms with E-state index in [9.17, 15) is 10.0 Å². The van der Waals surface area contributed by atoms with E-state index in [1.54, 1.807) is 6.07 Å². The minimum absolute atomic E-state index is 0.248. The lowest BCUT2D eigenvalue weighted by Crippen LogP contribution is -2.36. The summed E-state index contributed by atoms with van der Waals surface area (Å²) in [5.41, 5.74) is 1.53. The molecule has 4 heteroatoms. The van der Waals surface area contributed by atoms with Crippen LogP contribution in [0.4, 0.5) is 0 Å². The van der Waals surface area contributed by atoms with E-state index in [2.05, 4.69) is 0 Å². The highest BCUT2D eigenvalue weighted by Gasteiger charge is 2.31. The molecule has 0 radical (unpaired) electrons. The summed E-state index contributed by atoms with van der Waals surface area (Å²) in [6, 6.07) is 3.51. The Hall–Kier alpha value is -1.58. The van der Waals surface area contributed by atoms with Crippen LogP contribution >= 0.6 is 0 Å². The van der Waals surface area contributed by atoms with Crippen LogP contribution in [0.25, 0.3) is 0 Å². The van der Waals surface area contributed by atoms with E-state index in [1.165, 1.54) is 13.3 Å². The molecule has 0 amide bonds. The molecule has 1 atom stereocenters. The van der Waals surface area contributed by atoms with Gasteiger partial charge in [-0.1, -0.05) is 0 Å². The number of methoxy groups -OCH3 is 1. The highest BCUT2D eigenvalue weighted by Crippen LogP contribution is 2.30. The van der Waals surface area contributed by atoms with Gasteiger partial charge in [-0.05, 0) is 18.9 Å². The molecule has 1 aromatic heterocycles. The molecule has 0 aliphatic heterocycles. The van der Waals surface area contributed by atoms with E-state index >= 15 is 0 Å². The standard InChI is InChI=1S/C11H13NO3/c1-15-11(13)9-4-2-6-10-8(9)5-3-7-12(10)14/h3,5,7,9H,2,4,6H2,1H3/t9-/m1/s1. The molecule has 0 N–H and O–H groups in total. The van der Waals surface area contributed by atoms with Gasteiger partial charge in [-0.2, -0.15) is 4.73 Å². The normalized spacial score (nSPS) is 19.4. The highest BCUT2D eigenvalue weighted by molar-refractivity contribution is 5.78. The number of hydrogen-bond donors (Lipinski definition) is 0. The fourth-order valence-electron chi connectivity index (χ4n) is 2.13. The molecule has 0 saturated carbocycles. The van der Waals surface area contributed by atoms with E-state index < -0.39 is 0 Å². The third kappa shape index (κ3) is 1.67. The van der Waals surface area contributed by atoms with Crippen molar-refractivity contribution in [3.05, 3.63) is 34.8 Å². The predicted molar refractivity (Wildman–Crippen MR) is 53.1 cm³/mol. The van der Waals surface area contributed by atoms with Gasteiger partial charge in [-0.3, -0.25) is 4.79 Å². The van der Waals surface area contributed by atoms with Gasteiger partial charge in [0.25, 0.3) is 0 Å². The first-order valence-corrected chi connectivity index (χ1v) is 5.03. The monoisotopic (exact) mass is 207 g/mol. The maximum absolute atomic E-state index is 11.5. The summed E-state index contributed by atoms with van der Waals surface area (Å²) in [5.74, 6) is -0.512. The van der Waals surface area contributed by atoms with Crippen LogP contribution in [-0.4, -0.2) is 13.1 Å².